The summed E-state index contributed by atoms with van der Waals surface area (Å²) in [5, 5.41) is 5.64. The second-order valence-electron chi connectivity index (χ2n) is 4.40. The van der Waals surface area contributed by atoms with E-state index in [0.29, 0.717) is 24.5 Å². The van der Waals surface area contributed by atoms with Gasteiger partial charge in [0.1, 0.15) is 5.82 Å². The second-order valence-corrected chi connectivity index (χ2v) is 4.40. The molecule has 0 radical (unpaired) electrons. The lowest BCUT2D eigenvalue weighted by atomic mass is 10.1. The zero-order valence-electron chi connectivity index (χ0n) is 10.5. The molecule has 0 saturated carbocycles. The van der Waals surface area contributed by atoms with E-state index < -0.39 is 0 Å². The van der Waals surface area contributed by atoms with Crippen molar-refractivity contribution in [3.8, 4) is 11.3 Å². The van der Waals surface area contributed by atoms with Crippen molar-refractivity contribution in [1.82, 2.24) is 9.78 Å². The van der Waals surface area contributed by atoms with Gasteiger partial charge in [0.05, 0.1) is 24.4 Å². The number of aryl methyl sites for hydroxylation is 1. The number of carbonyl (C=O) groups is 1. The topological polar surface area (TPSA) is 73.4 Å². The van der Waals surface area contributed by atoms with Gasteiger partial charge in [-0.1, -0.05) is 12.1 Å². The minimum atomic E-state index is -0.0299. The van der Waals surface area contributed by atoms with E-state index in [-0.39, 0.29) is 5.91 Å². The molecule has 1 fully saturated rings. The molecule has 0 spiro atoms. The minimum absolute atomic E-state index is 0.0299. The van der Waals surface area contributed by atoms with E-state index in [1.165, 1.54) is 5.06 Å². The van der Waals surface area contributed by atoms with Crippen LogP contribution >= 0.6 is 0 Å². The second kappa shape index (κ2) is 4.40. The lowest BCUT2D eigenvalue weighted by molar-refractivity contribution is -0.119. The molecule has 6 heteroatoms. The Bertz CT molecular complexity index is 616. The highest BCUT2D eigenvalue weighted by atomic mass is 16.7. The largest absolute Gasteiger partial charge is 0.384 e. The molecule has 1 aliphatic rings. The number of nitrogen functional groups attached to an aromatic ring is 1. The van der Waals surface area contributed by atoms with Gasteiger partial charge in [-0.2, -0.15) is 10.2 Å². The van der Waals surface area contributed by atoms with E-state index in [1.807, 2.05) is 24.3 Å². The summed E-state index contributed by atoms with van der Waals surface area (Å²) in [6, 6.07) is 9.28. The molecule has 0 atom stereocenters. The zero-order valence-corrected chi connectivity index (χ0v) is 10.5. The minimum Gasteiger partial charge on any atom is -0.384 e. The van der Waals surface area contributed by atoms with Crippen LogP contribution in [0.5, 0.6) is 0 Å². The number of anilines is 2. The average molecular weight is 258 g/mol. The normalized spacial score (nSPS) is 15.2. The SMILES string of the molecule is Cn1nc(-c2cccc(N3OCCC3=O)c2)cc1N. The Kier molecular flexibility index (Phi) is 2.72. The number of rotatable bonds is 2. The van der Waals surface area contributed by atoms with Crippen LogP contribution < -0.4 is 10.8 Å². The maximum Gasteiger partial charge on any atom is 0.253 e. The van der Waals surface area contributed by atoms with Crippen molar-refractivity contribution >= 4 is 17.4 Å². The van der Waals surface area contributed by atoms with Gasteiger partial charge in [-0.25, -0.2) is 0 Å². The first-order chi connectivity index (χ1) is 9.15. The van der Waals surface area contributed by atoms with E-state index in [1.54, 1.807) is 17.8 Å². The summed E-state index contributed by atoms with van der Waals surface area (Å²) in [6.45, 7) is 0.430. The third-order valence-electron chi connectivity index (χ3n) is 3.06. The van der Waals surface area contributed by atoms with E-state index in [9.17, 15) is 4.79 Å². The Morgan fingerprint density at radius 1 is 1.37 bits per heavy atom. The molecule has 1 amide bonds. The van der Waals surface area contributed by atoms with Gasteiger partial charge in [-0.3, -0.25) is 14.3 Å². The molecule has 1 aromatic heterocycles. The van der Waals surface area contributed by atoms with Gasteiger partial charge in [0, 0.05) is 18.7 Å². The number of benzene rings is 1. The summed E-state index contributed by atoms with van der Waals surface area (Å²) in [5.41, 5.74) is 8.15. The molecule has 2 heterocycles. The summed E-state index contributed by atoms with van der Waals surface area (Å²) in [5.74, 6) is 0.562. The molecule has 2 aromatic rings. The number of aromatic nitrogens is 2. The first-order valence-corrected chi connectivity index (χ1v) is 6.01. The number of hydrogen-bond acceptors (Lipinski definition) is 4. The quantitative estimate of drug-likeness (QED) is 0.882. The Morgan fingerprint density at radius 3 is 2.84 bits per heavy atom. The van der Waals surface area contributed by atoms with Gasteiger partial charge in [0.15, 0.2) is 0 Å². The van der Waals surface area contributed by atoms with Gasteiger partial charge in [-0.15, -0.1) is 0 Å². The fraction of sp³-hybridized carbons (Fsp3) is 0.231. The summed E-state index contributed by atoms with van der Waals surface area (Å²) < 4.78 is 1.61. The number of hydroxylamine groups is 1. The van der Waals surface area contributed by atoms with E-state index >= 15 is 0 Å². The highest BCUT2D eigenvalue weighted by Crippen LogP contribution is 2.27. The van der Waals surface area contributed by atoms with Crippen LogP contribution in [-0.2, 0) is 16.7 Å². The van der Waals surface area contributed by atoms with Crippen LogP contribution in [0.15, 0.2) is 30.3 Å². The average Bonchev–Trinajstić information content (AvgIpc) is 2.97. The molecule has 98 valence electrons. The number of carbonyl (C=O) groups excluding carboxylic acids is 1. The van der Waals surface area contributed by atoms with Crippen molar-refractivity contribution in [2.75, 3.05) is 17.4 Å². The lowest BCUT2D eigenvalue weighted by Crippen LogP contribution is -2.22. The molecule has 0 unspecified atom stereocenters. The molecule has 2 N–H and O–H groups in total. The number of nitrogens with zero attached hydrogens (tertiary/aromatic N) is 3. The van der Waals surface area contributed by atoms with E-state index in [2.05, 4.69) is 5.10 Å². The Balaban J connectivity index is 1.97. The number of nitrogens with two attached hydrogens (primary N) is 1. The first kappa shape index (κ1) is 11.7. The van der Waals surface area contributed by atoms with Crippen LogP contribution in [0, 0.1) is 0 Å². The molecule has 0 bridgehead atoms. The monoisotopic (exact) mass is 258 g/mol. The molecule has 0 aliphatic carbocycles. The van der Waals surface area contributed by atoms with Crippen molar-refractivity contribution in [3.63, 3.8) is 0 Å². The van der Waals surface area contributed by atoms with Crippen LogP contribution in [0.1, 0.15) is 6.42 Å². The number of amides is 1. The standard InChI is InChI=1S/C13H14N4O2/c1-16-12(14)8-11(15-16)9-3-2-4-10(7-9)17-13(18)5-6-19-17/h2-4,7-8H,5-6,14H2,1H3. The molecular weight excluding hydrogens is 244 g/mol. The molecular formula is C13H14N4O2. The van der Waals surface area contributed by atoms with Crippen molar-refractivity contribution in [2.24, 2.45) is 7.05 Å². The highest BCUT2D eigenvalue weighted by molar-refractivity contribution is 5.93. The van der Waals surface area contributed by atoms with Crippen LogP contribution in [0.3, 0.4) is 0 Å². The molecule has 3 rings (SSSR count). The third kappa shape index (κ3) is 2.06. The summed E-state index contributed by atoms with van der Waals surface area (Å²) in [6.07, 6.45) is 0.417. The van der Waals surface area contributed by atoms with Crippen molar-refractivity contribution in [2.45, 2.75) is 6.42 Å². The third-order valence-corrected chi connectivity index (χ3v) is 3.06. The summed E-state index contributed by atoms with van der Waals surface area (Å²) in [7, 11) is 1.79. The molecule has 1 aliphatic heterocycles. The Hall–Kier alpha value is -2.34. The van der Waals surface area contributed by atoms with Crippen LogP contribution in [0.4, 0.5) is 11.5 Å². The van der Waals surface area contributed by atoms with E-state index in [0.717, 1.165) is 11.3 Å². The fourth-order valence-electron chi connectivity index (χ4n) is 2.03. The Labute approximate surface area is 110 Å². The number of hydrogen-bond donors (Lipinski definition) is 1. The van der Waals surface area contributed by atoms with Crippen LogP contribution in [0.25, 0.3) is 11.3 Å². The lowest BCUT2D eigenvalue weighted by Gasteiger charge is -2.14. The zero-order chi connectivity index (χ0) is 13.4. The van der Waals surface area contributed by atoms with Crippen molar-refractivity contribution in [1.29, 1.82) is 0 Å². The maximum atomic E-state index is 11.6. The summed E-state index contributed by atoms with van der Waals surface area (Å²) >= 11 is 0. The van der Waals surface area contributed by atoms with Crippen LogP contribution in [-0.4, -0.2) is 22.3 Å². The van der Waals surface area contributed by atoms with Gasteiger partial charge < -0.3 is 5.73 Å². The van der Waals surface area contributed by atoms with Crippen molar-refractivity contribution in [3.05, 3.63) is 30.3 Å². The molecule has 6 nitrogen and oxygen atoms in total. The smallest absolute Gasteiger partial charge is 0.253 e. The highest BCUT2D eigenvalue weighted by Gasteiger charge is 2.23. The first-order valence-electron chi connectivity index (χ1n) is 6.01. The predicted octanol–water partition coefficient (Wildman–Crippen LogP) is 1.34. The Morgan fingerprint density at radius 2 is 2.21 bits per heavy atom. The molecule has 19 heavy (non-hydrogen) atoms. The van der Waals surface area contributed by atoms with Crippen LogP contribution in [0.2, 0.25) is 0 Å². The van der Waals surface area contributed by atoms with E-state index in [4.69, 9.17) is 10.6 Å². The van der Waals surface area contributed by atoms with Crippen molar-refractivity contribution < 1.29 is 9.63 Å². The maximum absolute atomic E-state index is 11.6. The van der Waals surface area contributed by atoms with Gasteiger partial charge in [0.2, 0.25) is 0 Å². The predicted molar refractivity (Wildman–Crippen MR) is 71.1 cm³/mol. The van der Waals surface area contributed by atoms with Gasteiger partial charge in [-0.05, 0) is 12.1 Å². The molecule has 1 saturated heterocycles. The van der Waals surface area contributed by atoms with Gasteiger partial charge in [0.25, 0.3) is 5.91 Å². The molecule has 1 aromatic carbocycles. The fourth-order valence-corrected chi connectivity index (χ4v) is 2.03. The summed E-state index contributed by atoms with van der Waals surface area (Å²) in [4.78, 5) is 16.9. The van der Waals surface area contributed by atoms with Gasteiger partial charge >= 0.3 is 0 Å².